The van der Waals surface area contributed by atoms with Gasteiger partial charge in [-0.25, -0.2) is 4.39 Å². The molecule has 0 N–H and O–H groups in total. The lowest BCUT2D eigenvalue weighted by Crippen LogP contribution is -2.41. The van der Waals surface area contributed by atoms with Gasteiger partial charge in [0.25, 0.3) is 0 Å². The van der Waals surface area contributed by atoms with Crippen molar-refractivity contribution in [2.24, 2.45) is 0 Å². The first-order chi connectivity index (χ1) is 11.8. The molecule has 2 rings (SSSR count). The molecule has 1 aliphatic heterocycles. The molecule has 1 heterocycles. The first-order valence-electron chi connectivity index (χ1n) is 8.08. The van der Waals surface area contributed by atoms with E-state index in [0.29, 0.717) is 0 Å². The van der Waals surface area contributed by atoms with Crippen molar-refractivity contribution in [3.63, 3.8) is 0 Å². The van der Waals surface area contributed by atoms with E-state index in [1.54, 1.807) is 27.7 Å². The van der Waals surface area contributed by atoms with Crippen LogP contribution in [0.3, 0.4) is 0 Å². The number of rotatable bonds is 4. The first-order valence-corrected chi connectivity index (χ1v) is 8.08. The number of benzene rings is 1. The quantitative estimate of drug-likeness (QED) is 0.451. The Balaban J connectivity index is 2.55. The summed E-state index contributed by atoms with van der Waals surface area (Å²) in [6.45, 7) is 6.94. The van der Waals surface area contributed by atoms with Gasteiger partial charge in [0.1, 0.15) is 5.82 Å². The smallest absolute Gasteiger partial charge is 0.466 e. The van der Waals surface area contributed by atoms with Crippen LogP contribution >= 0.6 is 0 Å². The number of hydrogen-bond acceptors (Lipinski definition) is 4. The van der Waals surface area contributed by atoms with Crippen molar-refractivity contribution in [1.82, 2.24) is 0 Å². The second-order valence-electron chi connectivity index (χ2n) is 7.21. The van der Waals surface area contributed by atoms with Gasteiger partial charge in [-0.05, 0) is 39.3 Å². The van der Waals surface area contributed by atoms with Crippen molar-refractivity contribution >= 4 is 13.1 Å². The second-order valence-corrected chi connectivity index (χ2v) is 7.21. The predicted molar refractivity (Wildman–Crippen MR) is 86.9 cm³/mol. The normalized spacial score (nSPS) is 20.1. The molecule has 0 bridgehead atoms. The number of hydrogen-bond donors (Lipinski definition) is 0. The van der Waals surface area contributed by atoms with E-state index >= 15 is 0 Å². The summed E-state index contributed by atoms with van der Waals surface area (Å²) in [6, 6.07) is 3.02. The van der Waals surface area contributed by atoms with Crippen molar-refractivity contribution in [3.05, 3.63) is 35.1 Å². The minimum Gasteiger partial charge on any atom is -0.469 e. The number of methoxy groups -OCH3 is 1. The summed E-state index contributed by atoms with van der Waals surface area (Å²) in [5.41, 5.74) is -3.47. The highest BCUT2D eigenvalue weighted by Crippen LogP contribution is 2.45. The van der Waals surface area contributed by atoms with Crippen LogP contribution in [0, 0.1) is 5.82 Å². The zero-order chi connectivity index (χ0) is 19.9. The van der Waals surface area contributed by atoms with Gasteiger partial charge in [0.2, 0.25) is 0 Å². The molecule has 0 saturated carbocycles. The van der Waals surface area contributed by atoms with Crippen LogP contribution < -0.4 is 0 Å². The Morgan fingerprint density at radius 3 is 2.19 bits per heavy atom. The standard InChI is InChI=1S/C17H21BF4O4/c1-15(2)16(3,4)26-18(25-15)11(9-13(23)24-5)10-7-6-8-12(19)14(10)17(20,21)22/h6-8,11H,9H2,1-5H3. The third-order valence-electron chi connectivity index (χ3n) is 4.94. The Morgan fingerprint density at radius 2 is 1.73 bits per heavy atom. The summed E-state index contributed by atoms with van der Waals surface area (Å²) in [7, 11) is -0.0399. The Bertz CT molecular complexity index is 672. The molecule has 1 atom stereocenters. The summed E-state index contributed by atoms with van der Waals surface area (Å²) < 4.78 is 70.5. The number of alkyl halides is 3. The highest BCUT2D eigenvalue weighted by molar-refractivity contribution is 6.48. The third kappa shape index (κ3) is 3.88. The predicted octanol–water partition coefficient (Wildman–Crippen LogP) is 4.12. The van der Waals surface area contributed by atoms with Gasteiger partial charge < -0.3 is 14.0 Å². The Labute approximate surface area is 149 Å². The minimum atomic E-state index is -4.93. The minimum absolute atomic E-state index is 0.401. The molecule has 1 aromatic rings. The van der Waals surface area contributed by atoms with E-state index in [2.05, 4.69) is 4.74 Å². The van der Waals surface area contributed by atoms with Crippen LogP contribution in [0.1, 0.15) is 51.1 Å². The topological polar surface area (TPSA) is 44.8 Å². The highest BCUT2D eigenvalue weighted by atomic mass is 19.4. The van der Waals surface area contributed by atoms with E-state index < -0.39 is 59.6 Å². The number of ether oxygens (including phenoxy) is 1. The molecule has 0 amide bonds. The largest absolute Gasteiger partial charge is 0.469 e. The van der Waals surface area contributed by atoms with Gasteiger partial charge >= 0.3 is 19.3 Å². The van der Waals surface area contributed by atoms with Crippen molar-refractivity contribution in [2.45, 2.75) is 57.3 Å². The van der Waals surface area contributed by atoms with Crippen molar-refractivity contribution in [2.75, 3.05) is 7.11 Å². The van der Waals surface area contributed by atoms with E-state index in [4.69, 9.17) is 9.31 Å². The fourth-order valence-corrected chi connectivity index (χ4v) is 2.82. The van der Waals surface area contributed by atoms with Gasteiger partial charge in [-0.1, -0.05) is 12.1 Å². The number of carbonyl (C=O) groups is 1. The molecule has 1 aliphatic rings. The zero-order valence-electron chi connectivity index (χ0n) is 15.2. The summed E-state index contributed by atoms with van der Waals surface area (Å²) in [5, 5.41) is 0. The molecular formula is C17H21BF4O4. The van der Waals surface area contributed by atoms with Gasteiger partial charge in [0.05, 0.1) is 30.3 Å². The summed E-state index contributed by atoms with van der Waals surface area (Å²) >= 11 is 0. The van der Waals surface area contributed by atoms with Gasteiger partial charge in [-0.3, -0.25) is 4.79 Å². The molecule has 1 unspecified atom stereocenters. The van der Waals surface area contributed by atoms with Gasteiger partial charge in [-0.2, -0.15) is 13.2 Å². The molecule has 0 aromatic heterocycles. The molecule has 0 radical (unpaired) electrons. The lowest BCUT2D eigenvalue weighted by molar-refractivity contribution is -0.143. The fraction of sp³-hybridized carbons (Fsp3) is 0.588. The lowest BCUT2D eigenvalue weighted by atomic mass is 9.65. The summed E-state index contributed by atoms with van der Waals surface area (Å²) in [5.74, 6) is -3.35. The molecule has 26 heavy (non-hydrogen) atoms. The van der Waals surface area contributed by atoms with Crippen LogP contribution in [0.5, 0.6) is 0 Å². The van der Waals surface area contributed by atoms with Gasteiger partial charge in [-0.15, -0.1) is 0 Å². The van der Waals surface area contributed by atoms with Crippen molar-refractivity contribution in [3.8, 4) is 0 Å². The van der Waals surface area contributed by atoms with Crippen molar-refractivity contribution < 1.29 is 36.4 Å². The van der Waals surface area contributed by atoms with E-state index in [-0.39, 0.29) is 0 Å². The SMILES string of the molecule is COC(=O)CC(B1OC(C)(C)C(C)(C)O1)c1cccc(F)c1C(F)(F)F. The average Bonchev–Trinajstić information content (AvgIpc) is 2.70. The van der Waals surface area contributed by atoms with E-state index in [9.17, 15) is 22.4 Å². The van der Waals surface area contributed by atoms with Crippen LogP contribution in [0.2, 0.25) is 0 Å². The zero-order valence-corrected chi connectivity index (χ0v) is 15.2. The average molecular weight is 376 g/mol. The molecule has 1 fully saturated rings. The van der Waals surface area contributed by atoms with Gasteiger partial charge in [0, 0.05) is 5.82 Å². The Morgan fingerprint density at radius 1 is 1.19 bits per heavy atom. The van der Waals surface area contributed by atoms with Crippen molar-refractivity contribution in [1.29, 1.82) is 0 Å². The molecule has 144 valence electrons. The maximum Gasteiger partial charge on any atom is 0.466 e. The van der Waals surface area contributed by atoms with Crippen LogP contribution in [-0.4, -0.2) is 31.4 Å². The van der Waals surface area contributed by atoms with Crippen LogP contribution in [0.25, 0.3) is 0 Å². The molecule has 1 aromatic carbocycles. The Kier molecular flexibility index (Phi) is 5.45. The fourth-order valence-electron chi connectivity index (χ4n) is 2.82. The molecule has 4 nitrogen and oxygen atoms in total. The van der Waals surface area contributed by atoms with E-state index in [0.717, 1.165) is 25.3 Å². The maximum absolute atomic E-state index is 14.0. The summed E-state index contributed by atoms with van der Waals surface area (Å²) in [4.78, 5) is 11.8. The monoisotopic (exact) mass is 376 g/mol. The molecule has 0 spiro atoms. The lowest BCUT2D eigenvalue weighted by Gasteiger charge is -2.32. The van der Waals surface area contributed by atoms with Gasteiger partial charge in [0.15, 0.2) is 0 Å². The van der Waals surface area contributed by atoms with Crippen LogP contribution in [0.15, 0.2) is 18.2 Å². The van der Waals surface area contributed by atoms with E-state index in [1.807, 2.05) is 0 Å². The third-order valence-corrected chi connectivity index (χ3v) is 4.94. The molecule has 1 saturated heterocycles. The maximum atomic E-state index is 14.0. The molecular weight excluding hydrogens is 355 g/mol. The second kappa shape index (κ2) is 6.85. The first kappa shape index (κ1) is 20.7. The highest BCUT2D eigenvalue weighted by Gasteiger charge is 2.55. The van der Waals surface area contributed by atoms with E-state index in [1.165, 1.54) is 0 Å². The molecule has 0 aliphatic carbocycles. The number of halogens is 4. The van der Waals surface area contributed by atoms with Crippen LogP contribution in [0.4, 0.5) is 17.6 Å². The number of esters is 1. The number of carbonyl (C=O) groups excluding carboxylic acids is 1. The summed E-state index contributed by atoms with van der Waals surface area (Å²) in [6.07, 6.45) is -5.38. The Hall–Kier alpha value is -1.61. The molecule has 9 heteroatoms. The van der Waals surface area contributed by atoms with Crippen LogP contribution in [-0.2, 0) is 25.0 Å².